The molecule has 1 aliphatic rings. The Hall–Kier alpha value is -2.50. The molecule has 1 aliphatic carbocycles. The number of nitrogens with zero attached hydrogens (tertiary/aromatic N) is 3. The molecule has 1 N–H and O–H groups in total. The molecule has 1 amide bonds. The molecule has 0 fully saturated rings. The first kappa shape index (κ1) is 19.3. The summed E-state index contributed by atoms with van der Waals surface area (Å²) in [6, 6.07) is 7.76. The topological polar surface area (TPSA) is 59.4 Å². The summed E-state index contributed by atoms with van der Waals surface area (Å²) in [5.74, 6) is 0.768. The van der Waals surface area contributed by atoms with Crippen LogP contribution in [0, 0.1) is 0 Å². The summed E-state index contributed by atoms with van der Waals surface area (Å²) < 4.78 is 7.49. The highest BCUT2D eigenvalue weighted by atomic mass is 16.5. The van der Waals surface area contributed by atoms with Crippen molar-refractivity contribution in [1.29, 1.82) is 0 Å². The molecule has 0 saturated carbocycles. The molecule has 0 spiro atoms. The highest BCUT2D eigenvalue weighted by molar-refractivity contribution is 5.82. The summed E-state index contributed by atoms with van der Waals surface area (Å²) in [6.07, 6.45) is 4.95. The maximum absolute atomic E-state index is 12.7. The maximum Gasteiger partial charge on any atom is 0.239 e. The quantitative estimate of drug-likeness (QED) is 0.877. The van der Waals surface area contributed by atoms with Crippen molar-refractivity contribution in [3.05, 3.63) is 41.7 Å². The van der Waals surface area contributed by atoms with Crippen molar-refractivity contribution in [2.45, 2.75) is 51.6 Å². The molecule has 1 aromatic heterocycles. The van der Waals surface area contributed by atoms with Gasteiger partial charge in [0.1, 0.15) is 5.75 Å². The number of carbonyl (C=O) groups excluding carboxylic acids is 1. The van der Waals surface area contributed by atoms with Crippen molar-refractivity contribution in [2.75, 3.05) is 25.6 Å². The van der Waals surface area contributed by atoms with Crippen molar-refractivity contribution < 1.29 is 9.53 Å². The second kappa shape index (κ2) is 7.62. The van der Waals surface area contributed by atoms with Crippen molar-refractivity contribution >= 4 is 11.6 Å². The van der Waals surface area contributed by atoms with Crippen LogP contribution in [0.3, 0.4) is 0 Å². The third kappa shape index (κ3) is 4.10. The number of benzene rings is 1. The van der Waals surface area contributed by atoms with Crippen LogP contribution in [0.2, 0.25) is 0 Å². The van der Waals surface area contributed by atoms with E-state index in [1.165, 1.54) is 5.69 Å². The van der Waals surface area contributed by atoms with Crippen molar-refractivity contribution in [2.24, 2.45) is 0 Å². The molecule has 0 saturated heterocycles. The van der Waals surface area contributed by atoms with Crippen molar-refractivity contribution in [1.82, 2.24) is 15.1 Å². The van der Waals surface area contributed by atoms with Crippen LogP contribution in [-0.2, 0) is 16.8 Å². The Labute approximate surface area is 161 Å². The summed E-state index contributed by atoms with van der Waals surface area (Å²) >= 11 is 0. The Morgan fingerprint density at radius 3 is 2.81 bits per heavy atom. The molecule has 0 bridgehead atoms. The first-order valence-electron chi connectivity index (χ1n) is 9.52. The second-order valence-corrected chi connectivity index (χ2v) is 8.17. The lowest BCUT2D eigenvalue weighted by atomic mass is 9.92. The third-order valence-electron chi connectivity index (χ3n) is 5.03. The fraction of sp³-hybridized carbons (Fsp3) is 0.524. The minimum absolute atomic E-state index is 0.00441. The average Bonchev–Trinajstić information content (AvgIpc) is 3.07. The van der Waals surface area contributed by atoms with E-state index in [-0.39, 0.29) is 24.0 Å². The standard InChI is InChI=1S/C21H30N4O2/c1-21(2,3)25-17-11-8-9-16(15(17)13-22-25)23-20(26)14-24(4)18-10-6-7-12-19(18)27-5/h6-7,10,12-13,16H,8-9,11,14H2,1-5H3,(H,23,26)/t16-/m1/s1. The Kier molecular flexibility index (Phi) is 5.44. The van der Waals surface area contributed by atoms with E-state index < -0.39 is 0 Å². The van der Waals surface area contributed by atoms with Gasteiger partial charge in [0.2, 0.25) is 5.91 Å². The Bertz CT molecular complexity index is 807. The monoisotopic (exact) mass is 370 g/mol. The molecular formula is C21H30N4O2. The van der Waals surface area contributed by atoms with Crippen LogP contribution in [0.25, 0.3) is 0 Å². The predicted octanol–water partition coefficient (Wildman–Crippen LogP) is 3.28. The van der Waals surface area contributed by atoms with Crippen LogP contribution in [-0.4, -0.2) is 36.4 Å². The molecule has 2 aromatic rings. The smallest absolute Gasteiger partial charge is 0.239 e. The van der Waals surface area contributed by atoms with Gasteiger partial charge in [0, 0.05) is 18.3 Å². The average molecular weight is 370 g/mol. The van der Waals surface area contributed by atoms with Gasteiger partial charge in [-0.3, -0.25) is 9.48 Å². The van der Waals surface area contributed by atoms with E-state index in [0.29, 0.717) is 0 Å². The normalized spacial score (nSPS) is 16.6. The van der Waals surface area contributed by atoms with Gasteiger partial charge in [-0.25, -0.2) is 0 Å². The van der Waals surface area contributed by atoms with Gasteiger partial charge in [0.15, 0.2) is 0 Å². The van der Waals surface area contributed by atoms with Gasteiger partial charge < -0.3 is 15.0 Å². The predicted molar refractivity (Wildman–Crippen MR) is 107 cm³/mol. The third-order valence-corrected chi connectivity index (χ3v) is 5.03. The zero-order chi connectivity index (χ0) is 19.6. The number of nitrogens with one attached hydrogen (secondary N) is 1. The summed E-state index contributed by atoms with van der Waals surface area (Å²) in [6.45, 7) is 6.75. The summed E-state index contributed by atoms with van der Waals surface area (Å²) in [5.41, 5.74) is 3.26. The van der Waals surface area contributed by atoms with Crippen LogP contribution in [0.4, 0.5) is 5.69 Å². The number of anilines is 1. The van der Waals surface area contributed by atoms with E-state index in [2.05, 4.69) is 35.9 Å². The lowest BCUT2D eigenvalue weighted by Crippen LogP contribution is -2.38. The molecule has 27 heavy (non-hydrogen) atoms. The van der Waals surface area contributed by atoms with Crippen molar-refractivity contribution in [3.8, 4) is 5.75 Å². The molecule has 6 nitrogen and oxygen atoms in total. The number of hydrogen-bond acceptors (Lipinski definition) is 4. The molecule has 0 radical (unpaired) electrons. The molecule has 0 unspecified atom stereocenters. The highest BCUT2D eigenvalue weighted by Gasteiger charge is 2.29. The van der Waals surface area contributed by atoms with Gasteiger partial charge in [-0.05, 0) is 52.2 Å². The zero-order valence-corrected chi connectivity index (χ0v) is 17.0. The Morgan fingerprint density at radius 1 is 1.37 bits per heavy atom. The number of hydrogen-bond donors (Lipinski definition) is 1. The largest absolute Gasteiger partial charge is 0.495 e. The second-order valence-electron chi connectivity index (χ2n) is 8.17. The SMILES string of the molecule is COc1ccccc1N(C)CC(=O)N[C@@H]1CCCc2c1cnn2C(C)(C)C. The molecule has 6 heteroatoms. The molecule has 0 aliphatic heterocycles. The molecule has 146 valence electrons. The van der Waals surface area contributed by atoms with Gasteiger partial charge in [-0.2, -0.15) is 5.10 Å². The van der Waals surface area contributed by atoms with Gasteiger partial charge in [-0.15, -0.1) is 0 Å². The van der Waals surface area contributed by atoms with E-state index in [0.717, 1.165) is 36.3 Å². The number of para-hydroxylation sites is 2. The number of aromatic nitrogens is 2. The van der Waals surface area contributed by atoms with E-state index in [4.69, 9.17) is 4.74 Å². The molecule has 1 atom stereocenters. The number of rotatable bonds is 5. The number of carbonyl (C=O) groups is 1. The molecular weight excluding hydrogens is 340 g/mol. The number of likely N-dealkylation sites (N-methyl/N-ethyl adjacent to an activating group) is 1. The number of fused-ring (bicyclic) bond motifs is 1. The zero-order valence-electron chi connectivity index (χ0n) is 17.0. The van der Waals surface area contributed by atoms with Gasteiger partial charge in [-0.1, -0.05) is 12.1 Å². The highest BCUT2D eigenvalue weighted by Crippen LogP contribution is 2.32. The van der Waals surface area contributed by atoms with Crippen LogP contribution in [0.5, 0.6) is 5.75 Å². The lowest BCUT2D eigenvalue weighted by molar-refractivity contribution is -0.120. The number of ether oxygens (including phenoxy) is 1. The van der Waals surface area contributed by atoms with Crippen LogP contribution < -0.4 is 15.0 Å². The Morgan fingerprint density at radius 2 is 2.11 bits per heavy atom. The molecule has 3 rings (SSSR count). The minimum atomic E-state index is -0.0520. The first-order valence-corrected chi connectivity index (χ1v) is 9.52. The fourth-order valence-corrected chi connectivity index (χ4v) is 3.77. The van der Waals surface area contributed by atoms with Gasteiger partial charge in [0.05, 0.1) is 37.1 Å². The summed E-state index contributed by atoms with van der Waals surface area (Å²) in [7, 11) is 3.55. The van der Waals surface area contributed by atoms with E-state index in [1.54, 1.807) is 7.11 Å². The van der Waals surface area contributed by atoms with E-state index >= 15 is 0 Å². The lowest BCUT2D eigenvalue weighted by Gasteiger charge is -2.29. The fourth-order valence-electron chi connectivity index (χ4n) is 3.77. The molecule has 1 aromatic carbocycles. The van der Waals surface area contributed by atoms with Gasteiger partial charge in [0.25, 0.3) is 0 Å². The number of amides is 1. The van der Waals surface area contributed by atoms with Crippen molar-refractivity contribution in [3.63, 3.8) is 0 Å². The van der Waals surface area contributed by atoms with E-state index in [9.17, 15) is 4.79 Å². The van der Waals surface area contributed by atoms with Crippen LogP contribution in [0.1, 0.15) is 50.9 Å². The Balaban J connectivity index is 1.70. The minimum Gasteiger partial charge on any atom is -0.495 e. The summed E-state index contributed by atoms with van der Waals surface area (Å²) in [4.78, 5) is 14.6. The van der Waals surface area contributed by atoms with E-state index in [1.807, 2.05) is 42.4 Å². The van der Waals surface area contributed by atoms with Crippen LogP contribution in [0.15, 0.2) is 30.5 Å². The molecule has 1 heterocycles. The van der Waals surface area contributed by atoms with Gasteiger partial charge >= 0.3 is 0 Å². The number of methoxy groups -OCH3 is 1. The van der Waals surface area contributed by atoms with Crippen LogP contribution >= 0.6 is 0 Å². The summed E-state index contributed by atoms with van der Waals surface area (Å²) in [5, 5.41) is 7.80. The first-order chi connectivity index (χ1) is 12.8. The maximum atomic E-state index is 12.7.